The van der Waals surface area contributed by atoms with Crippen LogP contribution in [-0.4, -0.2) is 85.2 Å². The fourth-order valence-electron chi connectivity index (χ4n) is 2.79. The Balaban J connectivity index is 1.73. The van der Waals surface area contributed by atoms with Gasteiger partial charge < -0.3 is 9.42 Å². The Morgan fingerprint density at radius 1 is 1.35 bits per heavy atom. The summed E-state index contributed by atoms with van der Waals surface area (Å²) in [6.45, 7) is 5.23. The van der Waals surface area contributed by atoms with E-state index in [0.717, 1.165) is 26.1 Å². The maximum atomic E-state index is 11.8. The lowest BCUT2D eigenvalue weighted by Gasteiger charge is -2.23. The van der Waals surface area contributed by atoms with Crippen molar-refractivity contribution in [3.63, 3.8) is 0 Å². The fraction of sp³-hybridized carbons (Fsp3) is 0.857. The first-order valence-electron chi connectivity index (χ1n) is 7.90. The van der Waals surface area contributed by atoms with Crippen LogP contribution in [0.1, 0.15) is 24.6 Å². The first-order valence-corrected chi connectivity index (χ1v) is 9.51. The highest BCUT2D eigenvalue weighted by molar-refractivity contribution is 7.89. The van der Waals surface area contributed by atoms with Crippen molar-refractivity contribution in [2.24, 2.45) is 0 Å². The summed E-state index contributed by atoms with van der Waals surface area (Å²) in [6, 6.07) is 0.444. The highest BCUT2D eigenvalue weighted by atomic mass is 32.2. The Labute approximate surface area is 138 Å². The van der Waals surface area contributed by atoms with Gasteiger partial charge in [0.1, 0.15) is 0 Å². The van der Waals surface area contributed by atoms with Crippen molar-refractivity contribution < 1.29 is 12.9 Å². The number of likely N-dealkylation sites (tertiary alicyclic amines) is 1. The summed E-state index contributed by atoms with van der Waals surface area (Å²) in [6.07, 6.45) is 1.74. The first kappa shape index (κ1) is 18.3. The van der Waals surface area contributed by atoms with Gasteiger partial charge in [0.05, 0.1) is 12.3 Å². The van der Waals surface area contributed by atoms with Crippen LogP contribution in [0, 0.1) is 6.92 Å². The average molecular weight is 345 g/mol. The zero-order valence-corrected chi connectivity index (χ0v) is 15.2. The molecule has 1 saturated heterocycles. The monoisotopic (exact) mass is 345 g/mol. The molecule has 1 aromatic heterocycles. The van der Waals surface area contributed by atoms with Gasteiger partial charge in [0.25, 0.3) is 0 Å². The number of likely N-dealkylation sites (N-methyl/N-ethyl adjacent to an activating group) is 1. The highest BCUT2D eigenvalue weighted by Gasteiger charge is 2.26. The molecule has 8 nitrogen and oxygen atoms in total. The molecular weight excluding hydrogens is 318 g/mol. The summed E-state index contributed by atoms with van der Waals surface area (Å²) >= 11 is 0. The molecule has 1 aromatic rings. The van der Waals surface area contributed by atoms with Gasteiger partial charge in [-0.3, -0.25) is 4.90 Å². The number of aromatic nitrogens is 2. The molecule has 2 rings (SSSR count). The van der Waals surface area contributed by atoms with Crippen molar-refractivity contribution >= 4 is 10.0 Å². The zero-order chi connectivity index (χ0) is 17.0. The van der Waals surface area contributed by atoms with Crippen LogP contribution in [0.3, 0.4) is 0 Å². The van der Waals surface area contributed by atoms with E-state index >= 15 is 0 Å². The van der Waals surface area contributed by atoms with E-state index in [4.69, 9.17) is 4.52 Å². The van der Waals surface area contributed by atoms with Gasteiger partial charge in [0, 0.05) is 33.6 Å². The third-order valence-electron chi connectivity index (χ3n) is 4.26. The van der Waals surface area contributed by atoms with E-state index in [0.29, 0.717) is 30.7 Å². The SMILES string of the molecule is Cc1nc(CN(C)C2CCN(CCCS(=O)(=O)N(C)C)C2)no1. The van der Waals surface area contributed by atoms with Gasteiger partial charge in [-0.1, -0.05) is 5.16 Å². The molecule has 0 spiro atoms. The lowest BCUT2D eigenvalue weighted by atomic mass is 10.2. The molecule has 0 bridgehead atoms. The molecule has 1 aliphatic heterocycles. The van der Waals surface area contributed by atoms with Crippen molar-refractivity contribution in [3.8, 4) is 0 Å². The topological polar surface area (TPSA) is 82.8 Å². The molecule has 0 radical (unpaired) electrons. The Morgan fingerprint density at radius 3 is 2.70 bits per heavy atom. The van der Waals surface area contributed by atoms with Gasteiger partial charge in [-0.15, -0.1) is 0 Å². The van der Waals surface area contributed by atoms with Crippen LogP contribution in [0.15, 0.2) is 4.52 Å². The summed E-state index contributed by atoms with van der Waals surface area (Å²) in [5.74, 6) is 1.50. The molecule has 0 N–H and O–H groups in total. The van der Waals surface area contributed by atoms with Crippen LogP contribution in [0.2, 0.25) is 0 Å². The van der Waals surface area contributed by atoms with Gasteiger partial charge in [0.15, 0.2) is 5.82 Å². The van der Waals surface area contributed by atoms with Gasteiger partial charge in [-0.25, -0.2) is 12.7 Å². The molecule has 1 atom stereocenters. The average Bonchev–Trinajstić information content (AvgIpc) is 3.08. The molecule has 0 aliphatic carbocycles. The second-order valence-corrected chi connectivity index (χ2v) is 8.64. The largest absolute Gasteiger partial charge is 0.340 e. The summed E-state index contributed by atoms with van der Waals surface area (Å²) in [5.41, 5.74) is 0. The summed E-state index contributed by atoms with van der Waals surface area (Å²) in [4.78, 5) is 8.79. The van der Waals surface area contributed by atoms with Crippen molar-refractivity contribution in [1.82, 2.24) is 24.2 Å². The van der Waals surface area contributed by atoms with Gasteiger partial charge in [-0.05, 0) is 33.0 Å². The minimum absolute atomic E-state index is 0.207. The quantitative estimate of drug-likeness (QED) is 0.664. The Bertz CT molecular complexity index is 601. The molecule has 9 heteroatoms. The predicted molar refractivity (Wildman–Crippen MR) is 87.4 cm³/mol. The molecule has 1 aliphatic rings. The van der Waals surface area contributed by atoms with E-state index in [9.17, 15) is 8.42 Å². The molecule has 132 valence electrons. The van der Waals surface area contributed by atoms with Crippen molar-refractivity contribution in [3.05, 3.63) is 11.7 Å². The highest BCUT2D eigenvalue weighted by Crippen LogP contribution is 2.16. The maximum Gasteiger partial charge on any atom is 0.223 e. The molecule has 0 amide bonds. The van der Waals surface area contributed by atoms with Crippen molar-refractivity contribution in [2.45, 2.75) is 32.4 Å². The number of rotatable bonds is 8. The third kappa shape index (κ3) is 5.23. The third-order valence-corrected chi connectivity index (χ3v) is 6.18. The molecule has 0 aromatic carbocycles. The van der Waals surface area contributed by atoms with E-state index in [1.165, 1.54) is 4.31 Å². The molecule has 0 saturated carbocycles. The molecular formula is C14H27N5O3S. The van der Waals surface area contributed by atoms with E-state index < -0.39 is 10.0 Å². The lowest BCUT2D eigenvalue weighted by Crippen LogP contribution is -2.35. The second-order valence-electron chi connectivity index (χ2n) is 6.34. The second kappa shape index (κ2) is 7.69. The number of aryl methyl sites for hydroxylation is 1. The summed E-state index contributed by atoms with van der Waals surface area (Å²) < 4.78 is 29.8. The standard InChI is InChI=1S/C14H27N5O3S/c1-12-15-14(16-22-12)11-18(4)13-6-8-19(10-13)7-5-9-23(20,21)17(2)3/h13H,5-11H2,1-4H3. The Morgan fingerprint density at radius 2 is 2.09 bits per heavy atom. The number of sulfonamides is 1. The van der Waals surface area contributed by atoms with Crippen LogP contribution in [0.4, 0.5) is 0 Å². The number of hydrogen-bond donors (Lipinski definition) is 0. The van der Waals surface area contributed by atoms with Crippen LogP contribution in [0.5, 0.6) is 0 Å². The molecule has 1 unspecified atom stereocenters. The summed E-state index contributed by atoms with van der Waals surface area (Å²) in [5, 5.41) is 3.93. The van der Waals surface area contributed by atoms with Crippen molar-refractivity contribution in [1.29, 1.82) is 0 Å². The molecule has 2 heterocycles. The maximum absolute atomic E-state index is 11.8. The van der Waals surface area contributed by atoms with Crippen LogP contribution in [-0.2, 0) is 16.6 Å². The minimum Gasteiger partial charge on any atom is -0.340 e. The molecule has 1 fully saturated rings. The number of nitrogens with zero attached hydrogens (tertiary/aromatic N) is 5. The van der Waals surface area contributed by atoms with Crippen LogP contribution in [0.25, 0.3) is 0 Å². The van der Waals surface area contributed by atoms with E-state index in [1.807, 2.05) is 0 Å². The van der Waals surface area contributed by atoms with Crippen LogP contribution < -0.4 is 0 Å². The Kier molecular flexibility index (Phi) is 6.12. The Hall–Kier alpha value is -1.03. The van der Waals surface area contributed by atoms with E-state index in [2.05, 4.69) is 27.0 Å². The summed E-state index contributed by atoms with van der Waals surface area (Å²) in [7, 11) is 2.14. The minimum atomic E-state index is -3.09. The fourth-order valence-corrected chi connectivity index (χ4v) is 3.64. The van der Waals surface area contributed by atoms with E-state index in [1.54, 1.807) is 21.0 Å². The van der Waals surface area contributed by atoms with E-state index in [-0.39, 0.29) is 5.75 Å². The first-order chi connectivity index (χ1) is 10.8. The zero-order valence-electron chi connectivity index (χ0n) is 14.4. The normalized spacial score (nSPS) is 20.0. The van der Waals surface area contributed by atoms with Crippen molar-refractivity contribution in [2.75, 3.05) is 46.5 Å². The van der Waals surface area contributed by atoms with Gasteiger partial charge in [0.2, 0.25) is 15.9 Å². The van der Waals surface area contributed by atoms with Crippen LogP contribution >= 0.6 is 0 Å². The number of hydrogen-bond acceptors (Lipinski definition) is 7. The van der Waals surface area contributed by atoms with Gasteiger partial charge in [-0.2, -0.15) is 4.98 Å². The predicted octanol–water partition coefficient (Wildman–Crippen LogP) is 0.166. The van der Waals surface area contributed by atoms with Gasteiger partial charge >= 0.3 is 0 Å². The molecule has 23 heavy (non-hydrogen) atoms. The lowest BCUT2D eigenvalue weighted by molar-refractivity contribution is 0.218. The smallest absolute Gasteiger partial charge is 0.223 e.